The smallest absolute Gasteiger partial charge is 0.326 e. The van der Waals surface area contributed by atoms with Gasteiger partial charge in [-0.15, -0.1) is 11.3 Å². The summed E-state index contributed by atoms with van der Waals surface area (Å²) in [4.78, 5) is 30.7. The maximum atomic E-state index is 13.4. The normalized spacial score (nSPS) is 12.6. The predicted octanol–water partition coefficient (Wildman–Crippen LogP) is 7.11. The first-order valence-corrected chi connectivity index (χ1v) is 14.9. The van der Waals surface area contributed by atoms with Crippen molar-refractivity contribution < 1.29 is 19.4 Å². The lowest BCUT2D eigenvalue weighted by molar-refractivity contribution is -0.139. The van der Waals surface area contributed by atoms with E-state index in [0.29, 0.717) is 28.3 Å². The van der Waals surface area contributed by atoms with Gasteiger partial charge in [-0.1, -0.05) is 54.1 Å². The summed E-state index contributed by atoms with van der Waals surface area (Å²) < 4.78 is 5.92. The Morgan fingerprint density at radius 3 is 2.59 bits per heavy atom. The van der Waals surface area contributed by atoms with Crippen LogP contribution in [0.2, 0.25) is 5.02 Å². The highest BCUT2D eigenvalue weighted by atomic mass is 35.5. The lowest BCUT2D eigenvalue weighted by Gasteiger charge is -2.20. The monoisotopic (exact) mass is 580 g/mol. The number of thioether (sulfide) groups is 1. The molecule has 2 N–H and O–H groups in total. The van der Waals surface area contributed by atoms with Crippen LogP contribution in [0.4, 0.5) is 0 Å². The van der Waals surface area contributed by atoms with Crippen LogP contribution in [0.5, 0.6) is 0 Å². The Morgan fingerprint density at radius 1 is 1.10 bits per heavy atom. The number of thiazole rings is 1. The molecule has 0 spiro atoms. The minimum Gasteiger partial charge on any atom is -0.480 e. The summed E-state index contributed by atoms with van der Waals surface area (Å²) in [5.74, 6) is -0.850. The second-order valence-electron chi connectivity index (χ2n) is 8.96. The number of nitrogens with one attached hydrogen (secondary N) is 1. The Kier molecular flexibility index (Phi) is 9.80. The second-order valence-corrected chi connectivity index (χ2v) is 11.4. The van der Waals surface area contributed by atoms with Gasteiger partial charge >= 0.3 is 5.97 Å². The van der Waals surface area contributed by atoms with Crippen molar-refractivity contribution in [3.63, 3.8) is 0 Å². The number of amides is 1. The first-order chi connectivity index (χ1) is 18.8. The Morgan fingerprint density at radius 2 is 1.90 bits per heavy atom. The molecule has 0 radical (unpaired) electrons. The van der Waals surface area contributed by atoms with E-state index >= 15 is 0 Å². The van der Waals surface area contributed by atoms with E-state index in [2.05, 4.69) is 10.3 Å². The molecule has 0 aliphatic heterocycles. The largest absolute Gasteiger partial charge is 0.480 e. The van der Waals surface area contributed by atoms with Crippen molar-refractivity contribution in [3.8, 4) is 21.7 Å². The molecule has 2 atom stereocenters. The van der Waals surface area contributed by atoms with Crippen LogP contribution in [0.1, 0.15) is 38.9 Å². The molecule has 1 heterocycles. The summed E-state index contributed by atoms with van der Waals surface area (Å²) in [5, 5.41) is 13.8. The van der Waals surface area contributed by atoms with Gasteiger partial charge < -0.3 is 15.2 Å². The highest BCUT2D eigenvalue weighted by Crippen LogP contribution is 2.37. The van der Waals surface area contributed by atoms with Gasteiger partial charge in [0.05, 0.1) is 4.88 Å². The van der Waals surface area contributed by atoms with Crippen LogP contribution in [0, 0.1) is 6.92 Å². The van der Waals surface area contributed by atoms with Crippen molar-refractivity contribution in [1.29, 1.82) is 0 Å². The fourth-order valence-corrected chi connectivity index (χ4v) is 6.01. The number of nitrogens with zero attached hydrogens (tertiary/aromatic N) is 1. The fraction of sp³-hybridized carbons (Fsp3) is 0.233. The SMILES string of the molecule is COC(c1ccc(C(=O)NC(CCSC)C(=O)O)c(-c2ccccc2C)c1)c1cnc(-c2cccc(Cl)c2)s1. The molecule has 6 nitrogen and oxygen atoms in total. The lowest BCUT2D eigenvalue weighted by Crippen LogP contribution is -2.41. The van der Waals surface area contributed by atoms with Gasteiger partial charge in [-0.05, 0) is 71.9 Å². The number of hydrogen-bond donors (Lipinski definition) is 2. The molecular weight excluding hydrogens is 552 g/mol. The average Bonchev–Trinajstić information content (AvgIpc) is 3.41. The number of carbonyl (C=O) groups is 2. The minimum atomic E-state index is -1.05. The highest BCUT2D eigenvalue weighted by molar-refractivity contribution is 7.98. The second kappa shape index (κ2) is 13.3. The summed E-state index contributed by atoms with van der Waals surface area (Å²) in [6.45, 7) is 1.98. The Bertz CT molecular complexity index is 1470. The van der Waals surface area contributed by atoms with Gasteiger partial charge in [0.15, 0.2) is 0 Å². The van der Waals surface area contributed by atoms with Crippen LogP contribution >= 0.6 is 34.7 Å². The number of ether oxygens (including phenoxy) is 1. The van der Waals surface area contributed by atoms with E-state index in [1.807, 2.05) is 73.8 Å². The molecule has 202 valence electrons. The van der Waals surface area contributed by atoms with Crippen molar-refractivity contribution in [1.82, 2.24) is 10.3 Å². The number of aliphatic carboxylic acids is 1. The molecule has 0 saturated carbocycles. The van der Waals surface area contributed by atoms with Gasteiger partial charge in [0, 0.05) is 29.5 Å². The summed E-state index contributed by atoms with van der Waals surface area (Å²) >= 11 is 9.23. The van der Waals surface area contributed by atoms with Crippen LogP contribution in [0.3, 0.4) is 0 Å². The standard InChI is InChI=1S/C30H29ClN2O4S2/c1-18-7-4-5-10-22(18)24-16-19(11-12-23(24)28(34)33-25(30(35)36)13-14-38-3)27(37-2)26-17-32-29(39-26)20-8-6-9-21(31)15-20/h4-12,15-17,25,27H,13-14H2,1-3H3,(H,33,34)(H,35,36). The van der Waals surface area contributed by atoms with Gasteiger partial charge in [0.2, 0.25) is 0 Å². The third-order valence-corrected chi connectivity index (χ3v) is 8.30. The van der Waals surface area contributed by atoms with E-state index in [0.717, 1.165) is 32.1 Å². The Hall–Kier alpha value is -3.17. The minimum absolute atomic E-state index is 0.339. The van der Waals surface area contributed by atoms with E-state index in [9.17, 15) is 14.7 Å². The molecule has 4 aromatic rings. The predicted molar refractivity (Wildman–Crippen MR) is 160 cm³/mol. The molecule has 39 heavy (non-hydrogen) atoms. The number of aryl methyl sites for hydroxylation is 1. The molecule has 0 aliphatic carbocycles. The molecule has 0 aliphatic rings. The van der Waals surface area contributed by atoms with E-state index in [1.54, 1.807) is 19.4 Å². The third-order valence-electron chi connectivity index (χ3n) is 6.33. The number of rotatable bonds is 11. The number of aromatic nitrogens is 1. The van der Waals surface area contributed by atoms with Crippen LogP contribution in [-0.2, 0) is 9.53 Å². The van der Waals surface area contributed by atoms with Crippen molar-refractivity contribution in [2.75, 3.05) is 19.1 Å². The van der Waals surface area contributed by atoms with Crippen molar-refractivity contribution in [3.05, 3.63) is 99.5 Å². The zero-order valence-electron chi connectivity index (χ0n) is 21.8. The summed E-state index contributed by atoms with van der Waals surface area (Å²) in [5.41, 5.74) is 4.78. The van der Waals surface area contributed by atoms with Crippen LogP contribution in [0.15, 0.2) is 72.9 Å². The molecular formula is C30H29ClN2O4S2. The van der Waals surface area contributed by atoms with Crippen LogP contribution in [-0.4, -0.2) is 47.1 Å². The van der Waals surface area contributed by atoms with Gasteiger partial charge in [0.25, 0.3) is 5.91 Å². The summed E-state index contributed by atoms with van der Waals surface area (Å²) in [6, 6.07) is 19.9. The van der Waals surface area contributed by atoms with Crippen LogP contribution < -0.4 is 5.32 Å². The Labute approximate surface area is 241 Å². The van der Waals surface area contributed by atoms with Crippen LogP contribution in [0.25, 0.3) is 21.7 Å². The van der Waals surface area contributed by atoms with E-state index < -0.39 is 24.0 Å². The molecule has 1 amide bonds. The van der Waals surface area contributed by atoms with Crippen molar-refractivity contribution in [2.24, 2.45) is 0 Å². The maximum absolute atomic E-state index is 13.4. The summed E-state index contributed by atoms with van der Waals surface area (Å²) in [6.07, 6.45) is 3.63. The highest BCUT2D eigenvalue weighted by Gasteiger charge is 2.25. The molecule has 0 fully saturated rings. The van der Waals surface area contributed by atoms with E-state index in [1.165, 1.54) is 23.1 Å². The lowest BCUT2D eigenvalue weighted by atomic mass is 9.92. The number of carboxylic acids is 1. The van der Waals surface area contributed by atoms with Gasteiger partial charge in [0.1, 0.15) is 17.2 Å². The molecule has 2 unspecified atom stereocenters. The first-order valence-electron chi connectivity index (χ1n) is 12.3. The quantitative estimate of drug-likeness (QED) is 0.196. The van der Waals surface area contributed by atoms with Gasteiger partial charge in [-0.25, -0.2) is 9.78 Å². The van der Waals surface area contributed by atoms with E-state index in [-0.39, 0.29) is 0 Å². The topological polar surface area (TPSA) is 88.5 Å². The number of carbonyl (C=O) groups excluding carboxylic acids is 1. The average molecular weight is 581 g/mol. The maximum Gasteiger partial charge on any atom is 0.326 e. The zero-order valence-corrected chi connectivity index (χ0v) is 24.2. The van der Waals surface area contributed by atoms with E-state index in [4.69, 9.17) is 16.3 Å². The zero-order chi connectivity index (χ0) is 27.9. The number of methoxy groups -OCH3 is 1. The fourth-order valence-electron chi connectivity index (χ4n) is 4.33. The van der Waals surface area contributed by atoms with Gasteiger partial charge in [-0.3, -0.25) is 4.79 Å². The number of hydrogen-bond acceptors (Lipinski definition) is 6. The van der Waals surface area contributed by atoms with Gasteiger partial charge in [-0.2, -0.15) is 11.8 Å². The van der Waals surface area contributed by atoms with Crippen molar-refractivity contribution in [2.45, 2.75) is 25.5 Å². The molecule has 1 aromatic heterocycles. The molecule has 0 saturated heterocycles. The van der Waals surface area contributed by atoms with Crippen molar-refractivity contribution >= 4 is 46.6 Å². The molecule has 9 heteroatoms. The molecule has 3 aromatic carbocycles. The first kappa shape index (κ1) is 28.8. The third kappa shape index (κ3) is 6.89. The summed E-state index contributed by atoms with van der Waals surface area (Å²) in [7, 11) is 1.64. The molecule has 0 bridgehead atoms. The number of halogens is 1. The Balaban J connectivity index is 1.73. The molecule has 4 rings (SSSR count). The number of benzene rings is 3. The number of carboxylic acid groups (broad SMARTS) is 1.